The second-order valence-electron chi connectivity index (χ2n) is 8.93. The molecule has 0 radical (unpaired) electrons. The molecule has 1 saturated carbocycles. The van der Waals surface area contributed by atoms with Crippen LogP contribution in [0.25, 0.3) is 0 Å². The Morgan fingerprint density at radius 1 is 0.970 bits per heavy atom. The highest BCUT2D eigenvalue weighted by Gasteiger charge is 2.35. The van der Waals surface area contributed by atoms with Crippen LogP contribution >= 0.6 is 0 Å². The molecule has 2 aliphatic rings. The van der Waals surface area contributed by atoms with E-state index in [1.165, 1.54) is 23.4 Å². The lowest BCUT2D eigenvalue weighted by Crippen LogP contribution is -2.49. The molecule has 1 aliphatic heterocycles. The molecule has 1 saturated heterocycles. The van der Waals surface area contributed by atoms with E-state index in [4.69, 9.17) is 0 Å². The van der Waals surface area contributed by atoms with Crippen molar-refractivity contribution in [3.05, 3.63) is 65.7 Å². The second-order valence-corrected chi connectivity index (χ2v) is 10.9. The Morgan fingerprint density at radius 2 is 1.58 bits per heavy atom. The van der Waals surface area contributed by atoms with Crippen LogP contribution in [0.5, 0.6) is 0 Å². The lowest BCUT2D eigenvalue weighted by molar-refractivity contribution is -0.129. The zero-order valence-corrected chi connectivity index (χ0v) is 20.0. The van der Waals surface area contributed by atoms with Gasteiger partial charge in [0.15, 0.2) is 0 Å². The molecule has 1 unspecified atom stereocenters. The molecule has 0 N–H and O–H groups in total. The Hall–Kier alpha value is -2.71. The topological polar surface area (TPSA) is 78.0 Å². The van der Waals surface area contributed by atoms with Crippen molar-refractivity contribution in [2.24, 2.45) is 5.92 Å². The molecule has 0 spiro atoms. The molecule has 7 nitrogen and oxygen atoms in total. The van der Waals surface area contributed by atoms with Crippen LogP contribution in [0.4, 0.5) is 0 Å². The summed E-state index contributed by atoms with van der Waals surface area (Å²) in [4.78, 5) is 28.6. The van der Waals surface area contributed by atoms with Gasteiger partial charge in [0.25, 0.3) is 5.91 Å². The highest BCUT2D eigenvalue weighted by Crippen LogP contribution is 2.36. The average Bonchev–Trinajstić information content (AvgIpc) is 3.68. The van der Waals surface area contributed by atoms with Crippen LogP contribution in [-0.2, 0) is 21.4 Å². The Kier molecular flexibility index (Phi) is 6.86. The molecule has 2 aromatic rings. The Bertz CT molecular complexity index is 1090. The van der Waals surface area contributed by atoms with Crippen molar-refractivity contribution in [3.63, 3.8) is 0 Å². The van der Waals surface area contributed by atoms with Gasteiger partial charge in [0.05, 0.1) is 4.90 Å². The third-order valence-corrected chi connectivity index (χ3v) is 8.59. The van der Waals surface area contributed by atoms with E-state index in [2.05, 4.69) is 6.92 Å². The number of benzene rings is 2. The van der Waals surface area contributed by atoms with Crippen molar-refractivity contribution in [3.8, 4) is 0 Å². The summed E-state index contributed by atoms with van der Waals surface area (Å²) in [6.07, 6.45) is 2.27. The summed E-state index contributed by atoms with van der Waals surface area (Å²) in [6.45, 7) is 5.43. The van der Waals surface area contributed by atoms with Crippen molar-refractivity contribution in [1.82, 2.24) is 14.1 Å². The van der Waals surface area contributed by atoms with E-state index >= 15 is 0 Å². The van der Waals surface area contributed by atoms with E-state index < -0.39 is 10.0 Å². The largest absolute Gasteiger partial charge is 0.340 e. The van der Waals surface area contributed by atoms with Gasteiger partial charge in [-0.05, 0) is 55.5 Å². The van der Waals surface area contributed by atoms with E-state index in [0.29, 0.717) is 31.1 Å². The van der Waals surface area contributed by atoms with Crippen molar-refractivity contribution < 1.29 is 18.0 Å². The first-order chi connectivity index (χ1) is 15.8. The number of carbonyl (C=O) groups is 2. The molecule has 0 aromatic heterocycles. The molecule has 176 valence electrons. The smallest absolute Gasteiger partial charge is 0.254 e. The predicted octanol–water partition coefficient (Wildman–Crippen LogP) is 2.98. The average molecular weight is 470 g/mol. The van der Waals surface area contributed by atoms with Gasteiger partial charge in [-0.2, -0.15) is 4.31 Å². The van der Waals surface area contributed by atoms with E-state index in [9.17, 15) is 18.0 Å². The Labute approximate surface area is 196 Å². The van der Waals surface area contributed by atoms with Crippen LogP contribution in [0.3, 0.4) is 0 Å². The first-order valence-electron chi connectivity index (χ1n) is 11.5. The summed E-state index contributed by atoms with van der Waals surface area (Å²) in [6, 6.07) is 16.3. The van der Waals surface area contributed by atoms with Gasteiger partial charge in [0.2, 0.25) is 15.9 Å². The van der Waals surface area contributed by atoms with Gasteiger partial charge >= 0.3 is 0 Å². The van der Waals surface area contributed by atoms with Gasteiger partial charge in [-0.3, -0.25) is 9.59 Å². The minimum absolute atomic E-state index is 0.0459. The van der Waals surface area contributed by atoms with Gasteiger partial charge in [-0.1, -0.05) is 30.3 Å². The van der Waals surface area contributed by atoms with Gasteiger partial charge in [-0.15, -0.1) is 0 Å². The van der Waals surface area contributed by atoms with Crippen molar-refractivity contribution >= 4 is 21.8 Å². The summed E-state index contributed by atoms with van der Waals surface area (Å²) in [5, 5.41) is 0. The normalized spacial score (nSPS) is 18.1. The van der Waals surface area contributed by atoms with Crippen LogP contribution in [0.2, 0.25) is 0 Å². The molecule has 0 bridgehead atoms. The van der Waals surface area contributed by atoms with E-state index in [1.807, 2.05) is 35.2 Å². The summed E-state index contributed by atoms with van der Waals surface area (Å²) < 4.78 is 27.5. The monoisotopic (exact) mass is 469 g/mol. The molecule has 4 rings (SSSR count). The number of hydrogen-bond acceptors (Lipinski definition) is 4. The lowest BCUT2D eigenvalue weighted by atomic mass is 10.1. The molecule has 2 fully saturated rings. The van der Waals surface area contributed by atoms with E-state index in [1.54, 1.807) is 17.0 Å². The van der Waals surface area contributed by atoms with Crippen LogP contribution in [0.15, 0.2) is 59.5 Å². The number of carbonyl (C=O) groups excluding carboxylic acids is 2. The number of hydrogen-bond donors (Lipinski definition) is 0. The van der Waals surface area contributed by atoms with E-state index in [-0.39, 0.29) is 35.8 Å². The fourth-order valence-corrected chi connectivity index (χ4v) is 5.76. The highest BCUT2D eigenvalue weighted by atomic mass is 32.2. The van der Waals surface area contributed by atoms with Crippen LogP contribution in [0.1, 0.15) is 42.6 Å². The molecule has 1 atom stereocenters. The van der Waals surface area contributed by atoms with E-state index in [0.717, 1.165) is 18.4 Å². The zero-order valence-electron chi connectivity index (χ0n) is 19.2. The number of sulfonamides is 1. The number of piperazine rings is 1. The number of amides is 2. The Morgan fingerprint density at radius 3 is 2.12 bits per heavy atom. The summed E-state index contributed by atoms with van der Waals surface area (Å²) >= 11 is 0. The third-order valence-electron chi connectivity index (χ3n) is 6.68. The fraction of sp³-hybridized carbons (Fsp3) is 0.440. The molecule has 1 aliphatic carbocycles. The standard InChI is InChI=1S/C25H31N3O4S/c1-19(22-8-9-22)28(18-21-6-4-3-5-7-21)25(30)23-10-12-24(13-11-23)33(31,32)27-16-14-26(15-17-27)20(2)29/h3-7,10-13,19,22H,8-9,14-18H2,1-2H3. The van der Waals surface area contributed by atoms with Crippen molar-refractivity contribution in [2.75, 3.05) is 26.2 Å². The van der Waals surface area contributed by atoms with Crippen molar-refractivity contribution in [2.45, 2.75) is 44.2 Å². The fourth-order valence-electron chi connectivity index (χ4n) is 4.34. The van der Waals surface area contributed by atoms with Crippen LogP contribution in [-0.4, -0.2) is 66.6 Å². The molecule has 8 heteroatoms. The summed E-state index contributed by atoms with van der Waals surface area (Å²) in [5.41, 5.74) is 1.56. The number of rotatable bonds is 7. The van der Waals surface area contributed by atoms with Gasteiger partial charge in [0.1, 0.15) is 0 Å². The first-order valence-corrected chi connectivity index (χ1v) is 12.9. The maximum atomic E-state index is 13.4. The van der Waals surface area contributed by atoms with Crippen LogP contribution in [0, 0.1) is 5.92 Å². The summed E-state index contributed by atoms with van der Waals surface area (Å²) in [5.74, 6) is 0.388. The Balaban J connectivity index is 1.50. The van der Waals surface area contributed by atoms with Gasteiger partial charge in [0, 0.05) is 51.3 Å². The van der Waals surface area contributed by atoms with Gasteiger partial charge < -0.3 is 9.80 Å². The van der Waals surface area contributed by atoms with Gasteiger partial charge in [-0.25, -0.2) is 8.42 Å². The maximum Gasteiger partial charge on any atom is 0.254 e. The number of nitrogens with zero attached hydrogens (tertiary/aromatic N) is 3. The summed E-state index contributed by atoms with van der Waals surface area (Å²) in [7, 11) is -3.67. The van der Waals surface area contributed by atoms with Crippen LogP contribution < -0.4 is 0 Å². The molecule has 2 amide bonds. The molecular formula is C25H31N3O4S. The highest BCUT2D eigenvalue weighted by molar-refractivity contribution is 7.89. The molecule has 33 heavy (non-hydrogen) atoms. The lowest BCUT2D eigenvalue weighted by Gasteiger charge is -2.33. The minimum atomic E-state index is -3.67. The van der Waals surface area contributed by atoms with Crippen molar-refractivity contribution in [1.29, 1.82) is 0 Å². The predicted molar refractivity (Wildman–Crippen MR) is 126 cm³/mol. The molecule has 2 aromatic carbocycles. The second kappa shape index (κ2) is 9.65. The molecule has 1 heterocycles. The zero-order chi connectivity index (χ0) is 23.6. The third kappa shape index (κ3) is 5.28. The maximum absolute atomic E-state index is 13.4. The quantitative estimate of drug-likeness (QED) is 0.625. The molecular weight excluding hydrogens is 438 g/mol. The first kappa shape index (κ1) is 23.4. The minimum Gasteiger partial charge on any atom is -0.340 e. The SMILES string of the molecule is CC(=O)N1CCN(S(=O)(=O)c2ccc(C(=O)N(Cc3ccccc3)C(C)C3CC3)cc2)CC1.